The van der Waals surface area contributed by atoms with E-state index < -0.39 is 0 Å². The molecular weight excluding hydrogens is 464 g/mol. The molecule has 0 atom stereocenters. The number of benzene rings is 2. The zero-order valence-electron chi connectivity index (χ0n) is 20.0. The molecule has 0 spiro atoms. The summed E-state index contributed by atoms with van der Waals surface area (Å²) in [6, 6.07) is 13.1. The largest absolute Gasteiger partial charge is 0.493 e. The van der Waals surface area contributed by atoms with Gasteiger partial charge in [0.1, 0.15) is 24.1 Å². The summed E-state index contributed by atoms with van der Waals surface area (Å²) in [4.78, 5) is 35.3. The van der Waals surface area contributed by atoms with Crippen LogP contribution in [-0.2, 0) is 24.4 Å². The lowest BCUT2D eigenvalue weighted by Crippen LogP contribution is -2.29. The van der Waals surface area contributed by atoms with E-state index in [1.807, 2.05) is 30.3 Å². The molecule has 0 bridgehead atoms. The average molecular weight is 489 g/mol. The predicted octanol–water partition coefficient (Wildman–Crippen LogP) is 2.42. The highest BCUT2D eigenvalue weighted by molar-refractivity contribution is 6.07. The third kappa shape index (κ3) is 4.26. The van der Waals surface area contributed by atoms with Gasteiger partial charge in [-0.3, -0.25) is 14.2 Å². The van der Waals surface area contributed by atoms with Crippen molar-refractivity contribution in [3.05, 3.63) is 76.4 Å². The molecule has 0 fully saturated rings. The Balaban J connectivity index is 1.61. The third-order valence-corrected chi connectivity index (χ3v) is 5.84. The van der Waals surface area contributed by atoms with Gasteiger partial charge in [-0.2, -0.15) is 4.98 Å². The van der Waals surface area contributed by atoms with E-state index in [1.165, 1.54) is 25.1 Å². The monoisotopic (exact) mass is 488 g/mol. The smallest absolute Gasteiger partial charge is 0.278 e. The van der Waals surface area contributed by atoms with Crippen LogP contribution in [0.25, 0.3) is 21.9 Å². The van der Waals surface area contributed by atoms with E-state index in [2.05, 4.69) is 20.4 Å². The van der Waals surface area contributed by atoms with Gasteiger partial charge in [0.05, 0.1) is 26.1 Å². The van der Waals surface area contributed by atoms with Gasteiger partial charge in [0, 0.05) is 18.0 Å². The van der Waals surface area contributed by atoms with Crippen LogP contribution in [0.5, 0.6) is 11.5 Å². The molecule has 184 valence electrons. The van der Waals surface area contributed by atoms with Crippen molar-refractivity contribution in [2.24, 2.45) is 0 Å². The number of nitrogens with one attached hydrogen (secondary N) is 1. The molecule has 3 heterocycles. The summed E-state index contributed by atoms with van der Waals surface area (Å²) in [5.74, 6) is 1.46. The van der Waals surface area contributed by atoms with Crippen molar-refractivity contribution in [3.63, 3.8) is 0 Å². The van der Waals surface area contributed by atoms with Crippen molar-refractivity contribution in [3.8, 4) is 11.5 Å². The fourth-order valence-electron chi connectivity index (χ4n) is 4.14. The first-order valence-electron chi connectivity index (χ1n) is 11.2. The molecule has 0 saturated carbocycles. The van der Waals surface area contributed by atoms with E-state index in [4.69, 9.17) is 14.0 Å². The first-order valence-corrected chi connectivity index (χ1v) is 11.2. The number of aromatic nitrogens is 5. The number of nitrogens with zero attached hydrogens (tertiary/aromatic N) is 5. The molecule has 36 heavy (non-hydrogen) atoms. The predicted molar refractivity (Wildman–Crippen MR) is 131 cm³/mol. The topological polar surface area (TPSA) is 126 Å². The van der Waals surface area contributed by atoms with E-state index in [0.29, 0.717) is 40.3 Å². The Labute approximate surface area is 205 Å². The van der Waals surface area contributed by atoms with Crippen LogP contribution in [0, 0.1) is 6.92 Å². The second kappa shape index (κ2) is 9.53. The third-order valence-electron chi connectivity index (χ3n) is 5.84. The fourth-order valence-corrected chi connectivity index (χ4v) is 4.14. The number of hydrogen-bond donors (Lipinski definition) is 1. The molecule has 11 heteroatoms. The number of ether oxygens (including phenoxy) is 2. The Kier molecular flexibility index (Phi) is 6.11. The number of hydrogen-bond acceptors (Lipinski definition) is 8. The lowest BCUT2D eigenvalue weighted by Gasteiger charge is -2.11. The summed E-state index contributed by atoms with van der Waals surface area (Å²) in [6.07, 6.45) is 1.43. The first-order chi connectivity index (χ1) is 17.5. The first kappa shape index (κ1) is 23.1. The molecule has 0 aliphatic carbocycles. The molecule has 0 saturated heterocycles. The van der Waals surface area contributed by atoms with E-state index in [1.54, 1.807) is 23.6 Å². The van der Waals surface area contributed by atoms with E-state index in [-0.39, 0.29) is 36.0 Å². The summed E-state index contributed by atoms with van der Waals surface area (Å²) >= 11 is 0. The highest BCUT2D eigenvalue weighted by atomic mass is 16.5. The van der Waals surface area contributed by atoms with Crippen LogP contribution in [-0.4, -0.2) is 44.4 Å². The Morgan fingerprint density at radius 3 is 2.56 bits per heavy atom. The highest BCUT2D eigenvalue weighted by Gasteiger charge is 2.21. The van der Waals surface area contributed by atoms with Gasteiger partial charge in [0.25, 0.3) is 5.56 Å². The quantitative estimate of drug-likeness (QED) is 0.353. The number of aryl methyl sites for hydroxylation is 1. The molecule has 5 rings (SSSR count). The molecule has 1 N–H and O–H groups in total. The van der Waals surface area contributed by atoms with Gasteiger partial charge in [-0.1, -0.05) is 35.5 Å². The molecule has 0 radical (unpaired) electrons. The number of carbonyl (C=O) groups is 1. The van der Waals surface area contributed by atoms with Crippen molar-refractivity contribution in [1.82, 2.24) is 29.6 Å². The van der Waals surface area contributed by atoms with Crippen LogP contribution in [0.4, 0.5) is 0 Å². The van der Waals surface area contributed by atoms with Gasteiger partial charge >= 0.3 is 0 Å². The molecule has 11 nitrogen and oxygen atoms in total. The number of amides is 1. The van der Waals surface area contributed by atoms with Crippen molar-refractivity contribution < 1.29 is 18.8 Å². The Morgan fingerprint density at radius 2 is 1.86 bits per heavy atom. The SMILES string of the molecule is COc1cc2c3ncn(Cc4nc(C)no4)c(=O)c3n(CC(=O)NCc3ccccc3)c2cc1OC. The van der Waals surface area contributed by atoms with Crippen molar-refractivity contribution >= 4 is 27.8 Å². The van der Waals surface area contributed by atoms with Crippen molar-refractivity contribution in [2.45, 2.75) is 26.6 Å². The van der Waals surface area contributed by atoms with E-state index in [9.17, 15) is 9.59 Å². The van der Waals surface area contributed by atoms with Crippen molar-refractivity contribution in [1.29, 1.82) is 0 Å². The van der Waals surface area contributed by atoms with Crippen LogP contribution in [0.3, 0.4) is 0 Å². The average Bonchev–Trinajstić information content (AvgIpc) is 3.44. The van der Waals surface area contributed by atoms with Crippen LogP contribution in [0.15, 0.2) is 58.1 Å². The molecule has 1 amide bonds. The minimum atomic E-state index is -0.346. The lowest BCUT2D eigenvalue weighted by molar-refractivity contribution is -0.121. The van der Waals surface area contributed by atoms with Crippen LogP contribution in [0.1, 0.15) is 17.3 Å². The number of carbonyl (C=O) groups excluding carboxylic acids is 1. The zero-order valence-corrected chi connectivity index (χ0v) is 20.0. The normalized spacial score (nSPS) is 11.2. The Morgan fingerprint density at radius 1 is 1.11 bits per heavy atom. The summed E-state index contributed by atoms with van der Waals surface area (Å²) in [5.41, 5.74) is 1.96. The molecule has 0 aliphatic rings. The minimum Gasteiger partial charge on any atom is -0.493 e. The summed E-state index contributed by atoms with van der Waals surface area (Å²) in [7, 11) is 3.06. The summed E-state index contributed by atoms with van der Waals surface area (Å²) in [6.45, 7) is 2.02. The Hall–Kier alpha value is -4.67. The van der Waals surface area contributed by atoms with Gasteiger partial charge in [0.2, 0.25) is 11.8 Å². The molecule has 0 unspecified atom stereocenters. The van der Waals surface area contributed by atoms with Gasteiger partial charge in [-0.15, -0.1) is 0 Å². The standard InChI is InChI=1S/C25H24N6O5/c1-15-28-22(36-29-15)13-30-14-27-23-17-9-19(34-2)20(35-3)10-18(17)31(24(23)25(30)33)12-21(32)26-11-16-7-5-4-6-8-16/h4-10,14H,11-13H2,1-3H3,(H,26,32). The van der Waals surface area contributed by atoms with Crippen LogP contribution < -0.4 is 20.3 Å². The number of rotatable bonds is 8. The highest BCUT2D eigenvalue weighted by Crippen LogP contribution is 2.36. The Bertz CT molecular complexity index is 1620. The van der Waals surface area contributed by atoms with Crippen molar-refractivity contribution in [2.75, 3.05) is 14.2 Å². The second-order valence-corrected chi connectivity index (χ2v) is 8.18. The van der Waals surface area contributed by atoms with Gasteiger partial charge in [-0.25, -0.2) is 4.98 Å². The van der Waals surface area contributed by atoms with E-state index in [0.717, 1.165) is 5.56 Å². The molecule has 3 aromatic heterocycles. The fraction of sp³-hybridized carbons (Fsp3) is 0.240. The maximum atomic E-state index is 13.6. The molecule has 0 aliphatic heterocycles. The number of methoxy groups -OCH3 is 2. The van der Waals surface area contributed by atoms with E-state index >= 15 is 0 Å². The summed E-state index contributed by atoms with van der Waals surface area (Å²) in [5, 5.41) is 7.35. The van der Waals surface area contributed by atoms with Gasteiger partial charge in [0.15, 0.2) is 17.3 Å². The summed E-state index contributed by atoms with van der Waals surface area (Å²) < 4.78 is 19.1. The molecular formula is C25H24N6O5. The number of fused-ring (bicyclic) bond motifs is 3. The maximum Gasteiger partial charge on any atom is 0.278 e. The van der Waals surface area contributed by atoms with Gasteiger partial charge < -0.3 is 23.9 Å². The second-order valence-electron chi connectivity index (χ2n) is 8.18. The lowest BCUT2D eigenvalue weighted by atomic mass is 10.2. The zero-order chi connectivity index (χ0) is 25.2. The van der Waals surface area contributed by atoms with Crippen LogP contribution in [0.2, 0.25) is 0 Å². The minimum absolute atomic E-state index is 0.0526. The maximum absolute atomic E-state index is 13.6. The molecule has 5 aromatic rings. The van der Waals surface area contributed by atoms with Crippen LogP contribution >= 0.6 is 0 Å². The van der Waals surface area contributed by atoms with Gasteiger partial charge in [-0.05, 0) is 18.6 Å². The molecule has 2 aromatic carbocycles.